The Morgan fingerprint density at radius 2 is 2.08 bits per heavy atom. The van der Waals surface area contributed by atoms with Crippen LogP contribution in [0.1, 0.15) is 16.7 Å². The molecule has 0 saturated heterocycles. The van der Waals surface area contributed by atoms with Gasteiger partial charge in [0.05, 0.1) is 21.7 Å². The minimum Gasteiger partial charge on any atom is -0.244 e. The Balaban J connectivity index is 2.03. The monoisotopic (exact) mass is 411 g/mol. The lowest BCUT2D eigenvalue weighted by Gasteiger charge is -2.13. The summed E-state index contributed by atoms with van der Waals surface area (Å²) in [6.07, 6.45) is -3.10. The lowest BCUT2D eigenvalue weighted by Crippen LogP contribution is -2.10. The van der Waals surface area contributed by atoms with Gasteiger partial charge in [0.1, 0.15) is 16.2 Å². The third kappa shape index (κ3) is 4.18. The average Bonchev–Trinajstić information content (AvgIpc) is 3.14. The van der Waals surface area contributed by atoms with Crippen LogP contribution in [0.5, 0.6) is 0 Å². The van der Waals surface area contributed by atoms with Crippen LogP contribution in [0.3, 0.4) is 0 Å². The topological polar surface area (TPSA) is 49.6 Å². The number of thiophene rings is 1. The zero-order valence-corrected chi connectivity index (χ0v) is 15.3. The van der Waals surface area contributed by atoms with Crippen LogP contribution in [0.15, 0.2) is 46.9 Å². The molecular weight excluding hydrogens is 403 g/mol. The number of pyridine rings is 2. The molecular formula is C17H9ClF3N3S2. The lowest BCUT2D eigenvalue weighted by molar-refractivity contribution is -0.138. The van der Waals surface area contributed by atoms with Gasteiger partial charge in [-0.05, 0) is 29.1 Å². The summed E-state index contributed by atoms with van der Waals surface area (Å²) in [6.45, 7) is 0. The quantitative estimate of drug-likeness (QED) is 0.388. The Morgan fingerprint density at radius 1 is 1.27 bits per heavy atom. The van der Waals surface area contributed by atoms with Crippen LogP contribution in [-0.4, -0.2) is 9.97 Å². The standard InChI is InChI=1S/C17H9ClF3N3S2/c18-15-4-3-10(8-23-15)9-26-16-11(7-22)12(17(19,20)21)6-13(24-16)14-2-1-5-25-14/h1-6,8H,9H2. The Bertz CT molecular complexity index is 949. The van der Waals surface area contributed by atoms with E-state index in [9.17, 15) is 18.4 Å². The highest BCUT2D eigenvalue weighted by Gasteiger charge is 2.36. The first kappa shape index (κ1) is 18.7. The zero-order chi connectivity index (χ0) is 18.7. The molecule has 0 aliphatic carbocycles. The second-order valence-electron chi connectivity index (χ2n) is 5.10. The molecule has 3 nitrogen and oxygen atoms in total. The molecule has 0 N–H and O–H groups in total. The predicted molar refractivity (Wildman–Crippen MR) is 96.1 cm³/mol. The van der Waals surface area contributed by atoms with Crippen molar-refractivity contribution < 1.29 is 13.2 Å². The van der Waals surface area contributed by atoms with E-state index in [1.165, 1.54) is 17.5 Å². The van der Waals surface area contributed by atoms with Crippen LogP contribution in [-0.2, 0) is 11.9 Å². The smallest absolute Gasteiger partial charge is 0.244 e. The first-order valence-corrected chi connectivity index (χ1v) is 9.42. The first-order valence-electron chi connectivity index (χ1n) is 7.18. The number of alkyl halides is 3. The summed E-state index contributed by atoms with van der Waals surface area (Å²) in [4.78, 5) is 8.84. The van der Waals surface area contributed by atoms with Gasteiger partial charge < -0.3 is 0 Å². The molecule has 3 heterocycles. The number of rotatable bonds is 4. The van der Waals surface area contributed by atoms with E-state index in [1.807, 2.05) is 0 Å². The maximum atomic E-state index is 13.4. The molecule has 0 radical (unpaired) electrons. The van der Waals surface area contributed by atoms with Crippen molar-refractivity contribution in [3.8, 4) is 16.6 Å². The van der Waals surface area contributed by atoms with Crippen molar-refractivity contribution in [2.75, 3.05) is 0 Å². The largest absolute Gasteiger partial charge is 0.417 e. The van der Waals surface area contributed by atoms with Crippen molar-refractivity contribution in [3.05, 3.63) is 63.8 Å². The molecule has 0 unspecified atom stereocenters. The van der Waals surface area contributed by atoms with Crippen LogP contribution >= 0.6 is 34.7 Å². The van der Waals surface area contributed by atoms with Crippen LogP contribution in [0.2, 0.25) is 5.15 Å². The van der Waals surface area contributed by atoms with Gasteiger partial charge in [-0.3, -0.25) is 0 Å². The van der Waals surface area contributed by atoms with Gasteiger partial charge in [0.2, 0.25) is 0 Å². The fraction of sp³-hybridized carbons (Fsp3) is 0.118. The van der Waals surface area contributed by atoms with E-state index in [2.05, 4.69) is 9.97 Å². The van der Waals surface area contributed by atoms with Crippen molar-refractivity contribution >= 4 is 34.7 Å². The molecule has 26 heavy (non-hydrogen) atoms. The summed E-state index contributed by atoms with van der Waals surface area (Å²) < 4.78 is 40.3. The van der Waals surface area contributed by atoms with Crippen LogP contribution in [0.25, 0.3) is 10.6 Å². The molecule has 0 bridgehead atoms. The van der Waals surface area contributed by atoms with Gasteiger partial charge in [0.25, 0.3) is 0 Å². The van der Waals surface area contributed by atoms with Gasteiger partial charge in [-0.15, -0.1) is 23.1 Å². The van der Waals surface area contributed by atoms with Crippen LogP contribution < -0.4 is 0 Å². The Labute approximate surface area is 160 Å². The van der Waals surface area contributed by atoms with Gasteiger partial charge in [0, 0.05) is 11.9 Å². The van der Waals surface area contributed by atoms with Crippen molar-refractivity contribution in [1.29, 1.82) is 5.26 Å². The highest BCUT2D eigenvalue weighted by molar-refractivity contribution is 7.98. The maximum absolute atomic E-state index is 13.4. The minimum absolute atomic E-state index is 0.0423. The zero-order valence-electron chi connectivity index (χ0n) is 12.9. The number of hydrogen-bond donors (Lipinski definition) is 0. The summed E-state index contributed by atoms with van der Waals surface area (Å²) in [5, 5.41) is 11.4. The second-order valence-corrected chi connectivity index (χ2v) is 7.40. The Morgan fingerprint density at radius 3 is 2.65 bits per heavy atom. The van der Waals surface area contributed by atoms with E-state index >= 15 is 0 Å². The van der Waals surface area contributed by atoms with E-state index in [-0.39, 0.29) is 10.7 Å². The Hall–Kier alpha value is -2.08. The summed E-state index contributed by atoms with van der Waals surface area (Å²) in [5.41, 5.74) is -0.483. The SMILES string of the molecule is N#Cc1c(C(F)(F)F)cc(-c2cccs2)nc1SCc1ccc(Cl)nc1. The minimum atomic E-state index is -4.64. The highest BCUT2D eigenvalue weighted by Crippen LogP contribution is 2.39. The fourth-order valence-electron chi connectivity index (χ4n) is 2.15. The van der Waals surface area contributed by atoms with E-state index in [0.717, 1.165) is 23.4 Å². The molecule has 0 fully saturated rings. The first-order chi connectivity index (χ1) is 12.4. The van der Waals surface area contributed by atoms with E-state index < -0.39 is 17.3 Å². The summed E-state index contributed by atoms with van der Waals surface area (Å²) in [6, 6.07) is 9.33. The van der Waals surface area contributed by atoms with E-state index in [0.29, 0.717) is 15.8 Å². The van der Waals surface area contributed by atoms with Gasteiger partial charge in [0.15, 0.2) is 0 Å². The lowest BCUT2D eigenvalue weighted by atomic mass is 10.1. The second kappa shape index (κ2) is 7.66. The molecule has 0 amide bonds. The highest BCUT2D eigenvalue weighted by atomic mass is 35.5. The molecule has 9 heteroatoms. The molecule has 132 valence electrons. The maximum Gasteiger partial charge on any atom is 0.417 e. The number of nitriles is 1. The van der Waals surface area contributed by atoms with Crippen molar-refractivity contribution in [3.63, 3.8) is 0 Å². The third-order valence-electron chi connectivity index (χ3n) is 3.34. The van der Waals surface area contributed by atoms with Crippen molar-refractivity contribution in [2.24, 2.45) is 0 Å². The molecule has 0 spiro atoms. The summed E-state index contributed by atoms with van der Waals surface area (Å²) in [5.74, 6) is 0.317. The predicted octanol–water partition coefficient (Wildman–Crippen LogP) is 6.04. The molecule has 3 aromatic heterocycles. The van der Waals surface area contributed by atoms with Gasteiger partial charge >= 0.3 is 6.18 Å². The summed E-state index contributed by atoms with van der Waals surface area (Å²) >= 11 is 8.08. The number of aromatic nitrogens is 2. The molecule has 0 saturated carbocycles. The number of hydrogen-bond acceptors (Lipinski definition) is 5. The molecule has 0 aromatic carbocycles. The van der Waals surface area contributed by atoms with E-state index in [1.54, 1.807) is 35.7 Å². The molecule has 0 atom stereocenters. The number of nitrogens with zero attached hydrogens (tertiary/aromatic N) is 3. The van der Waals surface area contributed by atoms with Gasteiger partial charge in [-0.1, -0.05) is 23.7 Å². The third-order valence-corrected chi connectivity index (χ3v) is 5.50. The molecule has 3 rings (SSSR count). The van der Waals surface area contributed by atoms with Gasteiger partial charge in [-0.25, -0.2) is 9.97 Å². The number of halogens is 4. The van der Waals surface area contributed by atoms with Crippen LogP contribution in [0.4, 0.5) is 13.2 Å². The summed E-state index contributed by atoms with van der Waals surface area (Å²) in [7, 11) is 0. The van der Waals surface area contributed by atoms with E-state index in [4.69, 9.17) is 11.6 Å². The van der Waals surface area contributed by atoms with Crippen LogP contribution in [0, 0.1) is 11.3 Å². The Kier molecular flexibility index (Phi) is 5.51. The van der Waals surface area contributed by atoms with Crippen molar-refractivity contribution in [1.82, 2.24) is 9.97 Å². The molecule has 0 aliphatic rings. The van der Waals surface area contributed by atoms with Crippen molar-refractivity contribution in [2.45, 2.75) is 17.0 Å². The number of thioether (sulfide) groups is 1. The molecule has 0 aliphatic heterocycles. The molecule has 3 aromatic rings. The fourth-order valence-corrected chi connectivity index (χ4v) is 3.89. The van der Waals surface area contributed by atoms with Gasteiger partial charge in [-0.2, -0.15) is 18.4 Å². The average molecular weight is 412 g/mol. The normalized spacial score (nSPS) is 11.3.